The number of hydrogen-bond donors (Lipinski definition) is 0. The quantitative estimate of drug-likeness (QED) is 0.738. The van der Waals surface area contributed by atoms with Gasteiger partial charge in [0.05, 0.1) is 17.1 Å². The Labute approximate surface area is 138 Å². The van der Waals surface area contributed by atoms with E-state index in [1.165, 1.54) is 4.90 Å². The third kappa shape index (κ3) is 3.27. The topological polar surface area (TPSA) is 57.7 Å². The number of halogens is 3. The molecule has 5 nitrogen and oxygen atoms in total. The minimum atomic E-state index is -2.98. The molecular weight excluding hydrogens is 345 g/mol. The predicted molar refractivity (Wildman–Crippen MR) is 80.9 cm³/mol. The van der Waals surface area contributed by atoms with Crippen LogP contribution in [0.2, 0.25) is 0 Å². The van der Waals surface area contributed by atoms with Crippen molar-refractivity contribution in [3.8, 4) is 0 Å². The lowest BCUT2D eigenvalue weighted by Crippen LogP contribution is -2.52. The molecule has 0 radical (unpaired) electrons. The van der Waals surface area contributed by atoms with Crippen molar-refractivity contribution in [1.82, 2.24) is 9.80 Å². The fourth-order valence-corrected chi connectivity index (χ4v) is 4.98. The molecule has 0 bridgehead atoms. The van der Waals surface area contributed by atoms with Gasteiger partial charge in [0.25, 0.3) is 5.91 Å². The first-order chi connectivity index (χ1) is 11.3. The minimum Gasteiger partial charge on any atom is -0.336 e. The molecule has 1 unspecified atom stereocenters. The molecule has 132 valence electrons. The van der Waals surface area contributed by atoms with Crippen LogP contribution in [0.15, 0.2) is 12.1 Å². The molecule has 24 heavy (non-hydrogen) atoms. The Balaban J connectivity index is 1.65. The van der Waals surface area contributed by atoms with Crippen molar-refractivity contribution >= 4 is 15.7 Å². The van der Waals surface area contributed by atoms with E-state index in [0.29, 0.717) is 19.5 Å². The van der Waals surface area contributed by atoms with Crippen LogP contribution in [0.1, 0.15) is 16.8 Å². The molecule has 0 aromatic heterocycles. The van der Waals surface area contributed by atoms with Crippen LogP contribution in [0.25, 0.3) is 0 Å². The largest absolute Gasteiger partial charge is 0.336 e. The average molecular weight is 362 g/mol. The number of amides is 1. The Morgan fingerprint density at radius 2 is 1.71 bits per heavy atom. The molecule has 3 rings (SSSR count). The first-order valence-electron chi connectivity index (χ1n) is 7.66. The van der Waals surface area contributed by atoms with E-state index in [9.17, 15) is 26.4 Å². The highest BCUT2D eigenvalue weighted by Crippen LogP contribution is 2.21. The van der Waals surface area contributed by atoms with Crippen molar-refractivity contribution in [2.45, 2.75) is 12.5 Å². The van der Waals surface area contributed by atoms with Gasteiger partial charge in [0, 0.05) is 32.2 Å². The molecule has 9 heteroatoms. The summed E-state index contributed by atoms with van der Waals surface area (Å²) < 4.78 is 63.0. The molecule has 1 atom stereocenters. The summed E-state index contributed by atoms with van der Waals surface area (Å²) in [6.07, 6.45) is 0.577. The van der Waals surface area contributed by atoms with Crippen LogP contribution >= 0.6 is 0 Å². The lowest BCUT2D eigenvalue weighted by molar-refractivity contribution is 0.0582. The molecule has 2 heterocycles. The van der Waals surface area contributed by atoms with Gasteiger partial charge in [-0.15, -0.1) is 0 Å². The molecule has 2 aliphatic rings. The molecule has 2 fully saturated rings. The Morgan fingerprint density at radius 3 is 2.29 bits per heavy atom. The van der Waals surface area contributed by atoms with Crippen LogP contribution in [0.3, 0.4) is 0 Å². The van der Waals surface area contributed by atoms with Crippen molar-refractivity contribution in [3.63, 3.8) is 0 Å². The van der Waals surface area contributed by atoms with Gasteiger partial charge in [-0.2, -0.15) is 0 Å². The number of benzene rings is 1. The molecule has 0 spiro atoms. The standard InChI is InChI=1S/C15H17F3N2O3S/c16-12-2-1-11(13(17)14(12)18)15(21)20-6-4-19(5-7-20)10-3-8-24(22,23)9-10/h1-2,10H,3-9H2. The third-order valence-corrected chi connectivity index (χ3v) is 6.34. The average Bonchev–Trinajstić information content (AvgIpc) is 2.92. The number of nitrogens with zero attached hydrogens (tertiary/aromatic N) is 2. The van der Waals surface area contributed by atoms with Gasteiger partial charge < -0.3 is 4.90 Å². The molecule has 0 aliphatic carbocycles. The van der Waals surface area contributed by atoms with Crippen LogP contribution in [0, 0.1) is 17.5 Å². The zero-order chi connectivity index (χ0) is 17.5. The lowest BCUT2D eigenvalue weighted by atomic mass is 10.1. The Kier molecular flexibility index (Phi) is 4.56. The van der Waals surface area contributed by atoms with E-state index in [-0.39, 0.29) is 30.6 Å². The Morgan fingerprint density at radius 1 is 1.04 bits per heavy atom. The predicted octanol–water partition coefficient (Wildman–Crippen LogP) is 1.05. The van der Waals surface area contributed by atoms with Gasteiger partial charge in [0.15, 0.2) is 27.3 Å². The zero-order valence-electron chi connectivity index (χ0n) is 12.8. The second-order valence-corrected chi connectivity index (χ2v) is 8.34. The van der Waals surface area contributed by atoms with Crippen LogP contribution in [-0.4, -0.2) is 67.9 Å². The van der Waals surface area contributed by atoms with Gasteiger partial charge in [-0.25, -0.2) is 21.6 Å². The summed E-state index contributed by atoms with van der Waals surface area (Å²) in [6, 6.07) is 1.62. The Hall–Kier alpha value is -1.61. The van der Waals surface area contributed by atoms with Gasteiger partial charge in [-0.05, 0) is 18.6 Å². The van der Waals surface area contributed by atoms with E-state index >= 15 is 0 Å². The summed E-state index contributed by atoms with van der Waals surface area (Å²) in [5.41, 5.74) is -0.495. The van der Waals surface area contributed by atoms with Crippen LogP contribution in [-0.2, 0) is 9.84 Å². The van der Waals surface area contributed by atoms with Crippen molar-refractivity contribution in [2.75, 3.05) is 37.7 Å². The highest BCUT2D eigenvalue weighted by Gasteiger charge is 2.35. The maximum atomic E-state index is 13.7. The van der Waals surface area contributed by atoms with E-state index in [1.807, 2.05) is 4.90 Å². The first-order valence-corrected chi connectivity index (χ1v) is 9.48. The summed E-state index contributed by atoms with van der Waals surface area (Å²) in [7, 11) is -2.98. The van der Waals surface area contributed by atoms with Gasteiger partial charge in [-0.1, -0.05) is 0 Å². The third-order valence-electron chi connectivity index (χ3n) is 4.59. The second-order valence-electron chi connectivity index (χ2n) is 6.11. The highest BCUT2D eigenvalue weighted by atomic mass is 32.2. The van der Waals surface area contributed by atoms with Crippen LogP contribution in [0.4, 0.5) is 13.2 Å². The lowest BCUT2D eigenvalue weighted by Gasteiger charge is -2.37. The number of carbonyl (C=O) groups is 1. The molecule has 2 aliphatic heterocycles. The molecule has 1 aromatic carbocycles. The van der Waals surface area contributed by atoms with E-state index < -0.39 is 38.8 Å². The van der Waals surface area contributed by atoms with Gasteiger partial charge in [0.1, 0.15) is 0 Å². The van der Waals surface area contributed by atoms with E-state index in [1.54, 1.807) is 0 Å². The zero-order valence-corrected chi connectivity index (χ0v) is 13.7. The maximum Gasteiger partial charge on any atom is 0.257 e. The van der Waals surface area contributed by atoms with E-state index in [0.717, 1.165) is 12.1 Å². The first kappa shape index (κ1) is 17.2. The SMILES string of the molecule is O=C(c1ccc(F)c(F)c1F)N1CCN(C2CCS(=O)(=O)C2)CC1. The molecule has 0 saturated carbocycles. The van der Waals surface area contributed by atoms with Crippen LogP contribution in [0.5, 0.6) is 0 Å². The van der Waals surface area contributed by atoms with E-state index in [4.69, 9.17) is 0 Å². The summed E-state index contributed by atoms with van der Waals surface area (Å²) in [4.78, 5) is 15.7. The molecule has 0 N–H and O–H groups in total. The molecule has 2 saturated heterocycles. The number of piperazine rings is 1. The van der Waals surface area contributed by atoms with Crippen molar-refractivity contribution in [2.24, 2.45) is 0 Å². The van der Waals surface area contributed by atoms with Gasteiger partial charge in [0.2, 0.25) is 0 Å². The molecule has 1 aromatic rings. The van der Waals surface area contributed by atoms with Crippen molar-refractivity contribution in [3.05, 3.63) is 35.1 Å². The number of hydrogen-bond acceptors (Lipinski definition) is 4. The molecular formula is C15H17F3N2O3S. The molecule has 1 amide bonds. The summed E-state index contributed by atoms with van der Waals surface area (Å²) in [5, 5.41) is 0. The maximum absolute atomic E-state index is 13.7. The number of rotatable bonds is 2. The van der Waals surface area contributed by atoms with Crippen molar-refractivity contribution < 1.29 is 26.4 Å². The summed E-state index contributed by atoms with van der Waals surface area (Å²) >= 11 is 0. The smallest absolute Gasteiger partial charge is 0.257 e. The van der Waals surface area contributed by atoms with Gasteiger partial charge in [-0.3, -0.25) is 9.69 Å². The van der Waals surface area contributed by atoms with Gasteiger partial charge >= 0.3 is 0 Å². The second kappa shape index (κ2) is 6.36. The number of carbonyl (C=O) groups excluding carboxylic acids is 1. The normalized spacial score (nSPS) is 24.3. The monoisotopic (exact) mass is 362 g/mol. The minimum absolute atomic E-state index is 0.0488. The fraction of sp³-hybridized carbons (Fsp3) is 0.533. The Bertz CT molecular complexity index is 761. The van der Waals surface area contributed by atoms with Crippen LogP contribution < -0.4 is 0 Å². The summed E-state index contributed by atoms with van der Waals surface area (Å²) in [5.74, 6) is -4.86. The fourth-order valence-electron chi connectivity index (χ4n) is 3.21. The van der Waals surface area contributed by atoms with E-state index in [2.05, 4.69) is 0 Å². The van der Waals surface area contributed by atoms with Crippen molar-refractivity contribution in [1.29, 1.82) is 0 Å². The number of sulfone groups is 1. The highest BCUT2D eigenvalue weighted by molar-refractivity contribution is 7.91. The summed E-state index contributed by atoms with van der Waals surface area (Å²) in [6.45, 7) is 1.51.